The molecule has 0 saturated heterocycles. The normalized spacial score (nSPS) is 10.9. The zero-order valence-electron chi connectivity index (χ0n) is 15.2. The molecule has 2 aromatic heterocycles. The third kappa shape index (κ3) is 3.72. The van der Waals surface area contributed by atoms with Crippen LogP contribution in [0, 0.1) is 11.0 Å². The number of rotatable bonds is 6. The van der Waals surface area contributed by atoms with Gasteiger partial charge in [0, 0.05) is 10.7 Å². The predicted molar refractivity (Wildman–Crippen MR) is 101 cm³/mol. The van der Waals surface area contributed by atoms with Crippen molar-refractivity contribution in [3.63, 3.8) is 0 Å². The Morgan fingerprint density at radius 1 is 1.20 bits per heavy atom. The molecule has 0 radical (unpaired) electrons. The highest BCUT2D eigenvalue weighted by atomic mass is 35.5. The van der Waals surface area contributed by atoms with Gasteiger partial charge in [-0.05, 0) is 17.0 Å². The average molecular weight is 430 g/mol. The van der Waals surface area contributed by atoms with Crippen LogP contribution in [-0.2, 0) is 17.2 Å². The number of ether oxygens (including phenoxy) is 1. The second-order valence-electron chi connectivity index (χ2n) is 6.02. The molecule has 0 N–H and O–H groups in total. The van der Waals surface area contributed by atoms with E-state index in [1.54, 1.807) is 36.4 Å². The van der Waals surface area contributed by atoms with Gasteiger partial charge in [0.2, 0.25) is 5.69 Å². The van der Waals surface area contributed by atoms with Crippen molar-refractivity contribution in [3.8, 4) is 16.9 Å². The van der Waals surface area contributed by atoms with E-state index in [1.807, 2.05) is 0 Å². The molecular formula is C19H13ClFN5O4. The van der Waals surface area contributed by atoms with E-state index in [0.717, 1.165) is 4.68 Å². The van der Waals surface area contributed by atoms with E-state index in [9.17, 15) is 14.4 Å². The van der Waals surface area contributed by atoms with Crippen molar-refractivity contribution >= 4 is 17.6 Å². The number of benzene rings is 2. The molecular weight excluding hydrogens is 417 g/mol. The lowest BCUT2D eigenvalue weighted by Crippen LogP contribution is -2.29. The summed E-state index contributed by atoms with van der Waals surface area (Å²) in [6.07, 6.45) is 0. The van der Waals surface area contributed by atoms with Crippen LogP contribution in [-0.4, -0.2) is 25.9 Å². The van der Waals surface area contributed by atoms with Crippen molar-refractivity contribution in [3.05, 3.63) is 83.0 Å². The molecule has 0 bridgehead atoms. The highest BCUT2D eigenvalue weighted by molar-refractivity contribution is 6.16. The number of aromatic nitrogens is 5. The zero-order chi connectivity index (χ0) is 21.1. The minimum Gasteiger partial charge on any atom is -0.451 e. The van der Waals surface area contributed by atoms with E-state index < -0.39 is 18.4 Å². The maximum Gasteiger partial charge on any atom is 0.378 e. The minimum absolute atomic E-state index is 0.000605. The van der Waals surface area contributed by atoms with Crippen molar-refractivity contribution in [2.24, 2.45) is 0 Å². The Morgan fingerprint density at radius 2 is 1.93 bits per heavy atom. The SMILES string of the molecule is O=C(OCc1c(-c2ccccc2)no[n+]1[O-])c1nc(CCl)n(-c2ccccc2F)n1. The summed E-state index contributed by atoms with van der Waals surface area (Å²) in [5, 5.41) is 19.6. The van der Waals surface area contributed by atoms with Crippen molar-refractivity contribution in [2.75, 3.05) is 0 Å². The number of halogens is 2. The third-order valence-electron chi connectivity index (χ3n) is 4.14. The first-order chi connectivity index (χ1) is 14.6. The molecule has 11 heteroatoms. The van der Waals surface area contributed by atoms with Crippen LogP contribution in [0.15, 0.2) is 59.2 Å². The third-order valence-corrected chi connectivity index (χ3v) is 4.38. The van der Waals surface area contributed by atoms with Crippen LogP contribution >= 0.6 is 11.6 Å². The molecule has 152 valence electrons. The molecule has 0 spiro atoms. The first-order valence-electron chi connectivity index (χ1n) is 8.66. The van der Waals surface area contributed by atoms with Gasteiger partial charge < -0.3 is 9.94 Å². The van der Waals surface area contributed by atoms with E-state index >= 15 is 0 Å². The number of para-hydroxylation sites is 1. The lowest BCUT2D eigenvalue weighted by atomic mass is 10.1. The molecule has 0 aliphatic rings. The van der Waals surface area contributed by atoms with E-state index in [0.29, 0.717) is 5.56 Å². The lowest BCUT2D eigenvalue weighted by Gasteiger charge is -2.04. The molecule has 0 saturated carbocycles. The maximum atomic E-state index is 14.1. The highest BCUT2D eigenvalue weighted by Crippen LogP contribution is 2.20. The quantitative estimate of drug-likeness (QED) is 0.263. The number of nitrogens with zero attached hydrogens (tertiary/aromatic N) is 5. The fourth-order valence-corrected chi connectivity index (χ4v) is 2.91. The molecule has 9 nitrogen and oxygen atoms in total. The predicted octanol–water partition coefficient (Wildman–Crippen LogP) is 2.79. The molecule has 2 heterocycles. The van der Waals surface area contributed by atoms with Gasteiger partial charge in [-0.1, -0.05) is 42.5 Å². The molecule has 0 aliphatic heterocycles. The van der Waals surface area contributed by atoms with E-state index in [4.69, 9.17) is 16.3 Å². The van der Waals surface area contributed by atoms with Crippen molar-refractivity contribution in [1.29, 1.82) is 0 Å². The monoisotopic (exact) mass is 429 g/mol. The zero-order valence-corrected chi connectivity index (χ0v) is 16.0. The summed E-state index contributed by atoms with van der Waals surface area (Å²) in [6, 6.07) is 14.6. The Hall–Kier alpha value is -3.79. The van der Waals surface area contributed by atoms with E-state index in [1.165, 1.54) is 18.2 Å². The first kappa shape index (κ1) is 19.5. The second kappa shape index (κ2) is 8.29. The largest absolute Gasteiger partial charge is 0.451 e. The summed E-state index contributed by atoms with van der Waals surface area (Å²) < 4.78 is 25.0. The van der Waals surface area contributed by atoms with Crippen LogP contribution in [0.3, 0.4) is 0 Å². The first-order valence-corrected chi connectivity index (χ1v) is 9.20. The summed E-state index contributed by atoms with van der Waals surface area (Å²) in [5.74, 6) is -1.76. The number of hydrogen-bond donors (Lipinski definition) is 0. The number of esters is 1. The molecule has 0 aliphatic carbocycles. The molecule has 4 aromatic rings. The van der Waals surface area contributed by atoms with Crippen LogP contribution in [0.2, 0.25) is 0 Å². The Labute approximate surface area is 173 Å². The summed E-state index contributed by atoms with van der Waals surface area (Å²) in [6.45, 7) is -0.430. The summed E-state index contributed by atoms with van der Waals surface area (Å²) in [5.41, 5.74) is 0.945. The number of carbonyl (C=O) groups excluding carboxylic acids is 1. The number of hydrogen-bond acceptors (Lipinski definition) is 7. The maximum absolute atomic E-state index is 14.1. The van der Waals surface area contributed by atoms with Crippen LogP contribution < -0.4 is 4.90 Å². The molecule has 30 heavy (non-hydrogen) atoms. The van der Waals surface area contributed by atoms with Crippen LogP contribution in [0.5, 0.6) is 0 Å². The van der Waals surface area contributed by atoms with Gasteiger partial charge in [0.05, 0.1) is 5.88 Å². The van der Waals surface area contributed by atoms with E-state index in [-0.39, 0.29) is 39.5 Å². The van der Waals surface area contributed by atoms with Gasteiger partial charge in [-0.25, -0.2) is 18.9 Å². The fraction of sp³-hybridized carbons (Fsp3) is 0.105. The number of alkyl halides is 1. The summed E-state index contributed by atoms with van der Waals surface area (Å²) >= 11 is 5.86. The summed E-state index contributed by atoms with van der Waals surface area (Å²) in [7, 11) is 0. The van der Waals surface area contributed by atoms with Crippen molar-refractivity contribution in [1.82, 2.24) is 19.9 Å². The highest BCUT2D eigenvalue weighted by Gasteiger charge is 2.25. The fourth-order valence-electron chi connectivity index (χ4n) is 2.73. The van der Waals surface area contributed by atoms with Gasteiger partial charge in [-0.15, -0.1) is 16.7 Å². The Bertz CT molecular complexity index is 1190. The molecule has 0 unspecified atom stereocenters. The lowest BCUT2D eigenvalue weighted by molar-refractivity contribution is -0.808. The molecule has 4 rings (SSSR count). The topological polar surface area (TPSA) is 110 Å². The standard InChI is InChI=1S/C19H13ClFN5O4/c20-10-16-22-18(23-25(16)14-9-5-4-8-13(14)21)19(27)29-11-15-17(24-30-26(15)28)12-6-2-1-3-7-12/h1-9H,10-11H2. The Kier molecular flexibility index (Phi) is 5.40. The van der Waals surface area contributed by atoms with Crippen molar-refractivity contribution in [2.45, 2.75) is 12.5 Å². The Morgan fingerprint density at radius 3 is 2.67 bits per heavy atom. The smallest absolute Gasteiger partial charge is 0.378 e. The Balaban J connectivity index is 1.57. The molecule has 0 amide bonds. The summed E-state index contributed by atoms with van der Waals surface area (Å²) in [4.78, 5) is 16.6. The average Bonchev–Trinajstić information content (AvgIpc) is 3.36. The van der Waals surface area contributed by atoms with E-state index in [2.05, 4.69) is 19.9 Å². The number of carbonyl (C=O) groups is 1. The van der Waals surface area contributed by atoms with Gasteiger partial charge in [0.1, 0.15) is 17.3 Å². The minimum atomic E-state index is -0.920. The van der Waals surface area contributed by atoms with Crippen LogP contribution in [0.4, 0.5) is 4.39 Å². The van der Waals surface area contributed by atoms with Gasteiger partial charge in [0.25, 0.3) is 11.5 Å². The van der Waals surface area contributed by atoms with Crippen LogP contribution in [0.1, 0.15) is 22.1 Å². The van der Waals surface area contributed by atoms with Gasteiger partial charge in [-0.2, -0.15) is 0 Å². The van der Waals surface area contributed by atoms with Crippen LogP contribution in [0.25, 0.3) is 16.9 Å². The van der Waals surface area contributed by atoms with Crippen molar-refractivity contribution < 1.29 is 23.5 Å². The molecule has 0 fully saturated rings. The van der Waals surface area contributed by atoms with Gasteiger partial charge in [0.15, 0.2) is 6.61 Å². The molecule has 0 atom stereocenters. The molecule has 2 aromatic carbocycles. The van der Waals surface area contributed by atoms with Gasteiger partial charge >= 0.3 is 5.97 Å². The second-order valence-corrected chi connectivity index (χ2v) is 6.28. The van der Waals surface area contributed by atoms with Gasteiger partial charge in [-0.3, -0.25) is 4.63 Å².